The second-order valence-corrected chi connectivity index (χ2v) is 5.89. The molecular formula is C15H18FNO2. The average molecular weight is 263 g/mol. The summed E-state index contributed by atoms with van der Waals surface area (Å²) >= 11 is 0. The Labute approximate surface area is 112 Å². The summed E-state index contributed by atoms with van der Waals surface area (Å²) < 4.78 is 13.6. The molecule has 0 aromatic heterocycles. The van der Waals surface area contributed by atoms with Crippen LogP contribution in [0.25, 0.3) is 0 Å². The molecule has 1 saturated heterocycles. The lowest BCUT2D eigenvalue weighted by molar-refractivity contribution is 0.0692. The lowest BCUT2D eigenvalue weighted by Crippen LogP contribution is -2.57. The van der Waals surface area contributed by atoms with Gasteiger partial charge in [0.15, 0.2) is 0 Å². The van der Waals surface area contributed by atoms with Crippen molar-refractivity contribution in [2.75, 3.05) is 18.0 Å². The van der Waals surface area contributed by atoms with Crippen molar-refractivity contribution in [1.29, 1.82) is 0 Å². The van der Waals surface area contributed by atoms with E-state index >= 15 is 0 Å². The highest BCUT2D eigenvalue weighted by atomic mass is 19.1. The first kappa shape index (κ1) is 12.5. The highest BCUT2D eigenvalue weighted by Crippen LogP contribution is 2.45. The highest BCUT2D eigenvalue weighted by molar-refractivity contribution is 5.88. The summed E-state index contributed by atoms with van der Waals surface area (Å²) in [6, 6.07) is 4.42. The fourth-order valence-electron chi connectivity index (χ4n) is 3.44. The number of nitrogens with zero attached hydrogens (tertiary/aromatic N) is 1. The van der Waals surface area contributed by atoms with Crippen molar-refractivity contribution in [3.05, 3.63) is 29.6 Å². The second-order valence-electron chi connectivity index (χ2n) is 5.89. The molecule has 3 nitrogen and oxygen atoms in total. The van der Waals surface area contributed by atoms with Gasteiger partial charge in [-0.15, -0.1) is 0 Å². The van der Waals surface area contributed by atoms with E-state index in [9.17, 15) is 9.18 Å². The number of halogens is 1. The summed E-state index contributed by atoms with van der Waals surface area (Å²) in [5.41, 5.74) is 0.996. The third-order valence-electron chi connectivity index (χ3n) is 4.51. The van der Waals surface area contributed by atoms with Crippen molar-refractivity contribution in [2.45, 2.75) is 32.1 Å². The van der Waals surface area contributed by atoms with Gasteiger partial charge in [0.05, 0.1) is 5.56 Å². The maximum atomic E-state index is 13.6. The minimum atomic E-state index is -1.21. The Bertz CT molecular complexity index is 501. The van der Waals surface area contributed by atoms with Crippen LogP contribution in [0.5, 0.6) is 0 Å². The van der Waals surface area contributed by atoms with Crippen LogP contribution in [0.3, 0.4) is 0 Å². The number of hydrogen-bond donors (Lipinski definition) is 1. The third kappa shape index (κ3) is 2.20. The zero-order chi connectivity index (χ0) is 13.5. The van der Waals surface area contributed by atoms with Crippen LogP contribution in [0.15, 0.2) is 18.2 Å². The van der Waals surface area contributed by atoms with Gasteiger partial charge in [0, 0.05) is 24.2 Å². The quantitative estimate of drug-likeness (QED) is 0.890. The van der Waals surface area contributed by atoms with Gasteiger partial charge in [-0.3, -0.25) is 0 Å². The Hall–Kier alpha value is -1.58. The molecule has 1 aliphatic carbocycles. The third-order valence-corrected chi connectivity index (χ3v) is 4.51. The molecule has 4 heteroatoms. The molecule has 0 radical (unpaired) electrons. The Morgan fingerprint density at radius 1 is 1.21 bits per heavy atom. The van der Waals surface area contributed by atoms with Gasteiger partial charge in [-0.25, -0.2) is 9.18 Å². The Morgan fingerprint density at radius 2 is 1.89 bits per heavy atom. The van der Waals surface area contributed by atoms with Crippen LogP contribution in [0, 0.1) is 11.2 Å². The Kier molecular flexibility index (Phi) is 2.96. The van der Waals surface area contributed by atoms with Crippen LogP contribution in [-0.2, 0) is 0 Å². The molecule has 1 aliphatic heterocycles. The smallest absolute Gasteiger partial charge is 0.338 e. The predicted octanol–water partition coefficient (Wildman–Crippen LogP) is 3.29. The topological polar surface area (TPSA) is 40.5 Å². The fourth-order valence-corrected chi connectivity index (χ4v) is 3.44. The monoisotopic (exact) mass is 263 g/mol. The molecule has 0 unspecified atom stereocenters. The average Bonchev–Trinajstić information content (AvgIpc) is 2.36. The summed E-state index contributed by atoms with van der Waals surface area (Å²) in [7, 11) is 0. The van der Waals surface area contributed by atoms with Gasteiger partial charge in [0.25, 0.3) is 0 Å². The molecule has 1 aromatic rings. The van der Waals surface area contributed by atoms with E-state index < -0.39 is 11.8 Å². The molecule has 1 N–H and O–H groups in total. The fraction of sp³-hybridized carbons (Fsp3) is 0.533. The molecule has 102 valence electrons. The number of carboxylic acids is 1. The Balaban J connectivity index is 1.71. The SMILES string of the molecule is O=C(O)c1ccc(N2CC3(CCCCC3)C2)cc1F. The number of aromatic carboxylic acids is 1. The maximum absolute atomic E-state index is 13.6. The largest absolute Gasteiger partial charge is 0.478 e. The summed E-state index contributed by atoms with van der Waals surface area (Å²) in [5, 5.41) is 8.81. The molecule has 2 aliphatic rings. The number of carboxylic acid groups (broad SMARTS) is 1. The molecule has 2 fully saturated rings. The maximum Gasteiger partial charge on any atom is 0.338 e. The van der Waals surface area contributed by atoms with Crippen molar-refractivity contribution in [1.82, 2.24) is 0 Å². The molecule has 1 spiro atoms. The molecule has 19 heavy (non-hydrogen) atoms. The van der Waals surface area contributed by atoms with E-state index in [0.29, 0.717) is 5.41 Å². The normalized spacial score (nSPS) is 21.2. The first-order valence-corrected chi connectivity index (χ1v) is 6.88. The number of carbonyl (C=O) groups is 1. The molecule has 3 rings (SSSR count). The van der Waals surface area contributed by atoms with Crippen LogP contribution in [0.1, 0.15) is 42.5 Å². The second kappa shape index (κ2) is 4.51. The van der Waals surface area contributed by atoms with E-state index in [1.54, 1.807) is 6.07 Å². The van der Waals surface area contributed by atoms with E-state index in [-0.39, 0.29) is 5.56 Å². The first-order chi connectivity index (χ1) is 9.10. The van der Waals surface area contributed by atoms with Gasteiger partial charge < -0.3 is 10.0 Å². The van der Waals surface area contributed by atoms with Gasteiger partial charge >= 0.3 is 5.97 Å². The highest BCUT2D eigenvalue weighted by Gasteiger charge is 2.43. The molecule has 1 aromatic carbocycles. The van der Waals surface area contributed by atoms with Crippen molar-refractivity contribution in [3.63, 3.8) is 0 Å². The summed E-state index contributed by atoms with van der Waals surface area (Å²) in [6.07, 6.45) is 6.50. The molecular weight excluding hydrogens is 245 g/mol. The van der Waals surface area contributed by atoms with E-state index in [2.05, 4.69) is 4.90 Å². The van der Waals surface area contributed by atoms with Crippen LogP contribution in [0.4, 0.5) is 10.1 Å². The molecule has 0 bridgehead atoms. The number of benzene rings is 1. The minimum Gasteiger partial charge on any atom is -0.478 e. The van der Waals surface area contributed by atoms with E-state index in [1.807, 2.05) is 0 Å². The number of anilines is 1. The lowest BCUT2D eigenvalue weighted by atomic mass is 9.68. The minimum absolute atomic E-state index is 0.253. The van der Waals surface area contributed by atoms with Crippen LogP contribution in [0.2, 0.25) is 0 Å². The van der Waals surface area contributed by atoms with Gasteiger partial charge in [-0.1, -0.05) is 19.3 Å². The first-order valence-electron chi connectivity index (χ1n) is 6.88. The zero-order valence-corrected chi connectivity index (χ0v) is 10.9. The molecule has 0 amide bonds. The van der Waals surface area contributed by atoms with E-state index in [0.717, 1.165) is 18.8 Å². The van der Waals surface area contributed by atoms with Crippen molar-refractivity contribution < 1.29 is 14.3 Å². The zero-order valence-electron chi connectivity index (χ0n) is 10.9. The number of rotatable bonds is 2. The molecule has 0 atom stereocenters. The molecule has 1 saturated carbocycles. The predicted molar refractivity (Wildman–Crippen MR) is 71.1 cm³/mol. The van der Waals surface area contributed by atoms with Crippen molar-refractivity contribution >= 4 is 11.7 Å². The van der Waals surface area contributed by atoms with Crippen molar-refractivity contribution in [3.8, 4) is 0 Å². The van der Waals surface area contributed by atoms with Crippen LogP contribution < -0.4 is 4.90 Å². The van der Waals surface area contributed by atoms with E-state index in [1.165, 1.54) is 44.2 Å². The van der Waals surface area contributed by atoms with Crippen LogP contribution in [-0.4, -0.2) is 24.2 Å². The molecule has 1 heterocycles. The van der Waals surface area contributed by atoms with Crippen LogP contribution >= 0.6 is 0 Å². The van der Waals surface area contributed by atoms with Crippen molar-refractivity contribution in [2.24, 2.45) is 5.41 Å². The lowest BCUT2D eigenvalue weighted by Gasteiger charge is -2.53. The van der Waals surface area contributed by atoms with Gasteiger partial charge in [-0.2, -0.15) is 0 Å². The summed E-state index contributed by atoms with van der Waals surface area (Å²) in [6.45, 7) is 1.97. The number of hydrogen-bond acceptors (Lipinski definition) is 2. The van der Waals surface area contributed by atoms with Gasteiger partial charge in [0.2, 0.25) is 0 Å². The van der Waals surface area contributed by atoms with Gasteiger partial charge in [-0.05, 0) is 31.0 Å². The Morgan fingerprint density at radius 3 is 2.47 bits per heavy atom. The van der Waals surface area contributed by atoms with E-state index in [4.69, 9.17) is 5.11 Å². The summed E-state index contributed by atoms with van der Waals surface area (Å²) in [5.74, 6) is -1.86. The van der Waals surface area contributed by atoms with Gasteiger partial charge in [0.1, 0.15) is 5.82 Å². The summed E-state index contributed by atoms with van der Waals surface area (Å²) in [4.78, 5) is 12.9. The standard InChI is InChI=1S/C15H18FNO2/c16-13-8-11(4-5-12(13)14(18)19)17-9-15(10-17)6-2-1-3-7-15/h4-5,8H,1-3,6-7,9-10H2,(H,18,19).